The molecule has 2 aromatic rings. The monoisotopic (exact) mass is 330 g/mol. The second-order valence-corrected chi connectivity index (χ2v) is 6.87. The van der Waals surface area contributed by atoms with Gasteiger partial charge in [0, 0.05) is 0 Å². The molecule has 0 aliphatic carbocycles. The molecule has 2 rings (SSSR count). The third kappa shape index (κ3) is 5.56. The first-order valence-corrected chi connectivity index (χ1v) is 8.53. The predicted molar refractivity (Wildman–Crippen MR) is 86.2 cm³/mol. The Bertz CT molecular complexity index is 546. The van der Waals surface area contributed by atoms with E-state index in [1.165, 1.54) is 10.0 Å². The Hall–Kier alpha value is -1.63. The van der Waals surface area contributed by atoms with Crippen molar-refractivity contribution in [3.05, 3.63) is 72.3 Å². The molecule has 0 heterocycles. The van der Waals surface area contributed by atoms with Crippen molar-refractivity contribution in [2.24, 2.45) is 0 Å². The van der Waals surface area contributed by atoms with Crippen molar-refractivity contribution in [3.8, 4) is 0 Å². The summed E-state index contributed by atoms with van der Waals surface area (Å²) >= 11 is -0.0234. The Labute approximate surface area is 126 Å². The first kappa shape index (κ1) is 14.8. The molecule has 0 fully saturated rings. The summed E-state index contributed by atoms with van der Waals surface area (Å²) in [6.07, 6.45) is 6.86. The van der Waals surface area contributed by atoms with Crippen LogP contribution in [-0.4, -0.2) is 19.6 Å². The molecule has 0 saturated carbocycles. The van der Waals surface area contributed by atoms with Gasteiger partial charge in [-0.2, -0.15) is 0 Å². The van der Waals surface area contributed by atoms with Crippen LogP contribution in [0.4, 0.5) is 0 Å². The van der Waals surface area contributed by atoms with Crippen molar-refractivity contribution in [2.45, 2.75) is 19.3 Å². The molecule has 0 bridgehead atoms. The van der Waals surface area contributed by atoms with Crippen LogP contribution in [0.2, 0.25) is 0 Å². The molecule has 0 aliphatic heterocycles. The molecular weight excluding hydrogens is 311 g/mol. The van der Waals surface area contributed by atoms with Crippen molar-refractivity contribution < 1.29 is 4.79 Å². The van der Waals surface area contributed by atoms with Crippen LogP contribution < -0.4 is 4.46 Å². The summed E-state index contributed by atoms with van der Waals surface area (Å²) in [6, 6.07) is 20.3. The van der Waals surface area contributed by atoms with Crippen LogP contribution in [0.3, 0.4) is 0 Å². The molecule has 2 heteroatoms. The number of hydrogen-bond donors (Lipinski definition) is 0. The van der Waals surface area contributed by atoms with E-state index in [9.17, 15) is 4.79 Å². The van der Waals surface area contributed by atoms with E-state index in [4.69, 9.17) is 0 Å². The summed E-state index contributed by atoms with van der Waals surface area (Å²) in [4.78, 5) is 11.8. The van der Waals surface area contributed by atoms with E-state index in [0.29, 0.717) is 11.1 Å². The average molecular weight is 329 g/mol. The first-order chi connectivity index (χ1) is 9.84. The van der Waals surface area contributed by atoms with Gasteiger partial charge in [-0.25, -0.2) is 0 Å². The normalized spacial score (nSPS) is 10.8. The predicted octanol–water partition coefficient (Wildman–Crippen LogP) is 3.43. The van der Waals surface area contributed by atoms with Crippen LogP contribution in [0.1, 0.15) is 24.8 Å². The summed E-state index contributed by atoms with van der Waals surface area (Å²) < 4.78 is 1.56. The van der Waals surface area contributed by atoms with Gasteiger partial charge in [0.15, 0.2) is 0 Å². The van der Waals surface area contributed by atoms with E-state index in [1.807, 2.05) is 48.5 Å². The van der Waals surface area contributed by atoms with E-state index in [0.717, 1.165) is 12.8 Å². The maximum atomic E-state index is 11.8. The Kier molecular flexibility index (Phi) is 6.29. The summed E-state index contributed by atoms with van der Waals surface area (Å²) in [7, 11) is 0. The van der Waals surface area contributed by atoms with Crippen LogP contribution in [0.15, 0.2) is 66.7 Å². The van der Waals surface area contributed by atoms with Crippen molar-refractivity contribution >= 4 is 30.2 Å². The maximum absolute atomic E-state index is 11.8. The molecule has 1 nitrogen and oxygen atoms in total. The van der Waals surface area contributed by atoms with E-state index < -0.39 is 0 Å². The number of rotatable bonds is 7. The molecule has 0 spiro atoms. The SMILES string of the molecule is O=C(CCC/C=C/c1ccccc1)[Se]c1ccccc1. The minimum atomic E-state index is -0.0234. The van der Waals surface area contributed by atoms with E-state index >= 15 is 0 Å². The van der Waals surface area contributed by atoms with Gasteiger partial charge >= 0.3 is 127 Å². The zero-order valence-electron chi connectivity index (χ0n) is 11.4. The van der Waals surface area contributed by atoms with Gasteiger partial charge in [-0.05, 0) is 0 Å². The number of carbonyl (C=O) groups excluding carboxylic acids is 1. The van der Waals surface area contributed by atoms with Crippen LogP contribution in [0, 0.1) is 0 Å². The average Bonchev–Trinajstić information content (AvgIpc) is 2.49. The zero-order valence-corrected chi connectivity index (χ0v) is 13.1. The fourth-order valence-electron chi connectivity index (χ4n) is 1.82. The third-order valence-corrected chi connectivity index (χ3v) is 4.81. The van der Waals surface area contributed by atoms with Gasteiger partial charge in [0.2, 0.25) is 0 Å². The zero-order chi connectivity index (χ0) is 14.0. The van der Waals surface area contributed by atoms with E-state index in [1.54, 1.807) is 0 Å². The number of hydrogen-bond acceptors (Lipinski definition) is 1. The molecule has 102 valence electrons. The van der Waals surface area contributed by atoms with Gasteiger partial charge in [-0.15, -0.1) is 0 Å². The molecule has 0 N–H and O–H groups in total. The van der Waals surface area contributed by atoms with Crippen molar-refractivity contribution in [2.75, 3.05) is 0 Å². The molecular formula is C18H18OSe. The molecule has 0 aromatic heterocycles. The van der Waals surface area contributed by atoms with E-state index in [-0.39, 0.29) is 15.0 Å². The van der Waals surface area contributed by atoms with Crippen molar-refractivity contribution in [1.82, 2.24) is 0 Å². The summed E-state index contributed by atoms with van der Waals surface area (Å²) in [5.41, 5.74) is 1.22. The summed E-state index contributed by atoms with van der Waals surface area (Å²) in [5.74, 6) is 0. The molecule has 0 saturated heterocycles. The van der Waals surface area contributed by atoms with Crippen molar-refractivity contribution in [1.29, 1.82) is 0 Å². The first-order valence-electron chi connectivity index (χ1n) is 6.82. The van der Waals surface area contributed by atoms with Gasteiger partial charge in [-0.3, -0.25) is 0 Å². The van der Waals surface area contributed by atoms with Gasteiger partial charge in [0.25, 0.3) is 0 Å². The van der Waals surface area contributed by atoms with Crippen LogP contribution in [-0.2, 0) is 4.79 Å². The number of unbranched alkanes of at least 4 members (excludes halogenated alkanes) is 1. The van der Waals surface area contributed by atoms with Crippen LogP contribution in [0.25, 0.3) is 6.08 Å². The van der Waals surface area contributed by atoms with Crippen molar-refractivity contribution in [3.63, 3.8) is 0 Å². The molecule has 0 radical (unpaired) electrons. The summed E-state index contributed by atoms with van der Waals surface area (Å²) in [5, 5.41) is 0. The second kappa shape index (κ2) is 8.52. The molecule has 20 heavy (non-hydrogen) atoms. The van der Waals surface area contributed by atoms with Crippen LogP contribution in [0.5, 0.6) is 0 Å². The Balaban J connectivity index is 1.66. The molecule has 0 atom stereocenters. The Morgan fingerprint density at radius 2 is 1.60 bits per heavy atom. The molecule has 0 unspecified atom stereocenters. The van der Waals surface area contributed by atoms with Gasteiger partial charge in [0.1, 0.15) is 0 Å². The second-order valence-electron chi connectivity index (χ2n) is 4.49. The number of allylic oxidation sites excluding steroid dienone is 1. The minimum absolute atomic E-state index is 0.0234. The number of benzene rings is 2. The Morgan fingerprint density at radius 3 is 2.30 bits per heavy atom. The quantitative estimate of drug-likeness (QED) is 0.562. The van der Waals surface area contributed by atoms with Gasteiger partial charge in [-0.1, -0.05) is 0 Å². The fourth-order valence-corrected chi connectivity index (χ4v) is 3.50. The fraction of sp³-hybridized carbons (Fsp3) is 0.167. The molecule has 2 aromatic carbocycles. The third-order valence-electron chi connectivity index (χ3n) is 2.84. The molecule has 0 amide bonds. The van der Waals surface area contributed by atoms with E-state index in [2.05, 4.69) is 24.3 Å². The standard InChI is InChI=1S/C18H18OSe/c19-18(20-17-13-7-3-8-14-17)15-9-2-6-12-16-10-4-1-5-11-16/h1,3-8,10-14H,2,9,15H2/b12-6+. The Morgan fingerprint density at radius 1 is 0.950 bits per heavy atom. The van der Waals surface area contributed by atoms with Crippen LogP contribution >= 0.6 is 0 Å². The molecule has 0 aliphatic rings. The van der Waals surface area contributed by atoms with Gasteiger partial charge < -0.3 is 0 Å². The number of carbonyl (C=O) groups is 1. The van der Waals surface area contributed by atoms with Gasteiger partial charge in [0.05, 0.1) is 0 Å². The summed E-state index contributed by atoms with van der Waals surface area (Å²) in [6.45, 7) is 0. The topological polar surface area (TPSA) is 17.1 Å².